The number of hydrogen-bond acceptors (Lipinski definition) is 4. The maximum atomic E-state index is 11.8. The summed E-state index contributed by atoms with van der Waals surface area (Å²) in [6.45, 7) is 10.6. The highest BCUT2D eigenvalue weighted by Gasteiger charge is 2.47. The van der Waals surface area contributed by atoms with Gasteiger partial charge in [-0.05, 0) is 68.5 Å². The Bertz CT molecular complexity index is 633. The summed E-state index contributed by atoms with van der Waals surface area (Å²) >= 11 is 0. The summed E-state index contributed by atoms with van der Waals surface area (Å²) in [6, 6.07) is 0. The van der Waals surface area contributed by atoms with Gasteiger partial charge in [-0.15, -0.1) is 0 Å². The molecule has 0 radical (unpaired) electrons. The molecule has 1 N–H and O–H groups in total. The zero-order chi connectivity index (χ0) is 20.9. The van der Waals surface area contributed by atoms with Gasteiger partial charge in [0.25, 0.3) is 0 Å². The fourth-order valence-electron chi connectivity index (χ4n) is 5.38. The number of piperidine rings is 1. The van der Waals surface area contributed by atoms with Gasteiger partial charge >= 0.3 is 0 Å². The lowest BCUT2D eigenvalue weighted by Gasteiger charge is -2.50. The highest BCUT2D eigenvalue weighted by atomic mass is 16.1. The average Bonchev–Trinajstić information content (AvgIpc) is 2.73. The Morgan fingerprint density at radius 1 is 1.00 bits per heavy atom. The van der Waals surface area contributed by atoms with E-state index in [-0.39, 0.29) is 5.92 Å². The summed E-state index contributed by atoms with van der Waals surface area (Å²) in [5.74, 6) is 3.22. The van der Waals surface area contributed by atoms with Crippen LogP contribution in [0.1, 0.15) is 109 Å². The molecular formula is C25H41N3O. The highest BCUT2D eigenvalue weighted by Crippen LogP contribution is 2.55. The van der Waals surface area contributed by atoms with Crippen LogP contribution in [0.5, 0.6) is 0 Å². The summed E-state index contributed by atoms with van der Waals surface area (Å²) in [5.41, 5.74) is 1.92. The van der Waals surface area contributed by atoms with Gasteiger partial charge in [-0.1, -0.05) is 47.0 Å². The van der Waals surface area contributed by atoms with Crippen molar-refractivity contribution in [1.82, 2.24) is 15.3 Å². The van der Waals surface area contributed by atoms with E-state index in [0.717, 1.165) is 18.9 Å². The van der Waals surface area contributed by atoms with Crippen LogP contribution in [-0.2, 0) is 4.79 Å². The number of carbonyl (C=O) groups is 1. The molecular weight excluding hydrogens is 358 g/mol. The molecule has 1 aliphatic heterocycles. The molecule has 2 aliphatic carbocycles. The summed E-state index contributed by atoms with van der Waals surface area (Å²) in [7, 11) is 0. The van der Waals surface area contributed by atoms with Gasteiger partial charge in [0.05, 0.1) is 0 Å². The number of rotatable bonds is 4. The van der Waals surface area contributed by atoms with Crippen molar-refractivity contribution in [3.8, 4) is 0 Å². The largest absolute Gasteiger partial charge is 0.317 e. The molecule has 3 aliphatic rings. The van der Waals surface area contributed by atoms with Gasteiger partial charge in [-0.3, -0.25) is 4.79 Å². The van der Waals surface area contributed by atoms with Crippen LogP contribution in [0.4, 0.5) is 0 Å². The molecule has 4 rings (SSSR count). The average molecular weight is 400 g/mol. The first-order chi connectivity index (χ1) is 13.9. The number of carbonyl (C=O) groups excluding carboxylic acids is 1. The Balaban J connectivity index is 0.000000166. The van der Waals surface area contributed by atoms with Crippen LogP contribution in [0.15, 0.2) is 12.4 Å². The quantitative estimate of drug-likeness (QED) is 0.712. The van der Waals surface area contributed by atoms with E-state index in [4.69, 9.17) is 0 Å². The predicted octanol–water partition coefficient (Wildman–Crippen LogP) is 5.64. The molecule has 1 saturated heterocycles. The highest BCUT2D eigenvalue weighted by molar-refractivity contribution is 5.83. The molecule has 1 aromatic rings. The topological polar surface area (TPSA) is 54.9 Å². The molecule has 2 heterocycles. The molecule has 1 spiro atoms. The van der Waals surface area contributed by atoms with E-state index in [0.29, 0.717) is 29.0 Å². The van der Waals surface area contributed by atoms with E-state index in [1.807, 2.05) is 26.2 Å². The number of nitrogens with zero attached hydrogens (tertiary/aromatic N) is 2. The maximum Gasteiger partial charge on any atom is 0.138 e. The van der Waals surface area contributed by atoms with Gasteiger partial charge in [0.1, 0.15) is 11.6 Å². The normalized spacial score (nSPS) is 22.3. The third kappa shape index (κ3) is 5.87. The number of nitrogens with one attached hydrogen (secondary N) is 1. The van der Waals surface area contributed by atoms with Gasteiger partial charge < -0.3 is 5.32 Å². The third-order valence-electron chi connectivity index (χ3n) is 7.26. The SMILES string of the molecule is CC(C)C(=O)C1CC2(CCCCC2)C1.CC(C)c1ncc(C2CCNCC2)cn1. The third-order valence-corrected chi connectivity index (χ3v) is 7.26. The first kappa shape index (κ1) is 22.4. The van der Waals surface area contributed by atoms with Crippen LogP contribution in [0, 0.1) is 17.3 Å². The first-order valence-electron chi connectivity index (χ1n) is 12.0. The van der Waals surface area contributed by atoms with Crippen molar-refractivity contribution in [3.05, 3.63) is 23.8 Å². The lowest BCUT2D eigenvalue weighted by atomic mass is 9.54. The summed E-state index contributed by atoms with van der Waals surface area (Å²) in [4.78, 5) is 20.6. The van der Waals surface area contributed by atoms with E-state index in [1.54, 1.807) is 0 Å². The van der Waals surface area contributed by atoms with Crippen molar-refractivity contribution in [2.24, 2.45) is 17.3 Å². The minimum Gasteiger partial charge on any atom is -0.317 e. The zero-order valence-corrected chi connectivity index (χ0v) is 19.0. The Labute approximate surface area is 177 Å². The van der Waals surface area contributed by atoms with Crippen LogP contribution < -0.4 is 5.32 Å². The van der Waals surface area contributed by atoms with Crippen LogP contribution >= 0.6 is 0 Å². The molecule has 162 valence electrons. The molecule has 0 atom stereocenters. The van der Waals surface area contributed by atoms with E-state index in [9.17, 15) is 4.79 Å². The minimum absolute atomic E-state index is 0.251. The van der Waals surface area contributed by atoms with E-state index in [2.05, 4.69) is 29.1 Å². The minimum atomic E-state index is 0.251. The predicted molar refractivity (Wildman–Crippen MR) is 119 cm³/mol. The fraction of sp³-hybridized carbons (Fsp3) is 0.800. The molecule has 1 aromatic heterocycles. The summed E-state index contributed by atoms with van der Waals surface area (Å²) in [5, 5.41) is 3.37. The molecule has 2 saturated carbocycles. The maximum absolute atomic E-state index is 11.8. The van der Waals surface area contributed by atoms with E-state index in [1.165, 1.54) is 63.4 Å². The number of ketones is 1. The van der Waals surface area contributed by atoms with Gasteiger partial charge in [0.2, 0.25) is 0 Å². The smallest absolute Gasteiger partial charge is 0.138 e. The molecule has 0 unspecified atom stereocenters. The second kappa shape index (κ2) is 10.1. The first-order valence-corrected chi connectivity index (χ1v) is 12.0. The molecule has 4 nitrogen and oxygen atoms in total. The van der Waals surface area contributed by atoms with Crippen LogP contribution in [0.3, 0.4) is 0 Å². The molecule has 0 amide bonds. The van der Waals surface area contributed by atoms with Crippen molar-refractivity contribution in [1.29, 1.82) is 0 Å². The van der Waals surface area contributed by atoms with Gasteiger partial charge in [-0.25, -0.2) is 9.97 Å². The Kier molecular flexibility index (Phi) is 7.84. The van der Waals surface area contributed by atoms with Crippen molar-refractivity contribution in [3.63, 3.8) is 0 Å². The van der Waals surface area contributed by atoms with Crippen molar-refractivity contribution >= 4 is 5.78 Å². The van der Waals surface area contributed by atoms with Crippen LogP contribution in [-0.4, -0.2) is 28.8 Å². The lowest BCUT2D eigenvalue weighted by molar-refractivity contribution is -0.134. The van der Waals surface area contributed by atoms with Gasteiger partial charge in [-0.2, -0.15) is 0 Å². The Hall–Kier alpha value is -1.29. The Morgan fingerprint density at radius 3 is 2.10 bits per heavy atom. The fourth-order valence-corrected chi connectivity index (χ4v) is 5.38. The summed E-state index contributed by atoms with van der Waals surface area (Å²) in [6.07, 6.45) is 15.9. The number of aromatic nitrogens is 2. The second-order valence-corrected chi connectivity index (χ2v) is 10.3. The second-order valence-electron chi connectivity index (χ2n) is 10.3. The van der Waals surface area contributed by atoms with E-state index >= 15 is 0 Å². The van der Waals surface area contributed by atoms with Crippen LogP contribution in [0.25, 0.3) is 0 Å². The van der Waals surface area contributed by atoms with E-state index < -0.39 is 0 Å². The monoisotopic (exact) mass is 399 g/mol. The molecule has 4 heteroatoms. The molecule has 3 fully saturated rings. The zero-order valence-electron chi connectivity index (χ0n) is 19.0. The summed E-state index contributed by atoms with van der Waals surface area (Å²) < 4.78 is 0. The number of Topliss-reactive ketones (excluding diaryl/α,β-unsaturated/α-hetero) is 1. The van der Waals surface area contributed by atoms with Gasteiger partial charge in [0, 0.05) is 30.1 Å². The Morgan fingerprint density at radius 2 is 1.59 bits per heavy atom. The standard InChI is InChI=1S/C13H22O.C12H19N3/c1-10(2)12(14)11-8-13(9-11)6-4-3-5-7-13;1-9(2)12-14-7-11(8-15-12)10-3-5-13-6-4-10/h10-11H,3-9H2,1-2H3;7-10,13H,3-6H2,1-2H3. The van der Waals surface area contributed by atoms with Gasteiger partial charge in [0.15, 0.2) is 0 Å². The molecule has 0 aromatic carbocycles. The number of hydrogen-bond donors (Lipinski definition) is 1. The molecule has 0 bridgehead atoms. The lowest BCUT2D eigenvalue weighted by Crippen LogP contribution is -2.43. The molecule has 29 heavy (non-hydrogen) atoms. The van der Waals surface area contributed by atoms with Crippen molar-refractivity contribution < 1.29 is 4.79 Å². The van der Waals surface area contributed by atoms with Crippen molar-refractivity contribution in [2.45, 2.75) is 97.3 Å². The van der Waals surface area contributed by atoms with Crippen LogP contribution in [0.2, 0.25) is 0 Å². The van der Waals surface area contributed by atoms with Crippen molar-refractivity contribution in [2.75, 3.05) is 13.1 Å².